The molecule has 0 bridgehead atoms. The van der Waals surface area contributed by atoms with Crippen LogP contribution in [0.25, 0.3) is 0 Å². The number of sulfonamides is 1. The van der Waals surface area contributed by atoms with Gasteiger partial charge in [-0.1, -0.05) is 0 Å². The quantitative estimate of drug-likeness (QED) is 0.794. The van der Waals surface area contributed by atoms with Crippen LogP contribution in [0.4, 0.5) is 5.69 Å². The Balaban J connectivity index is 2.28. The van der Waals surface area contributed by atoms with E-state index in [9.17, 15) is 8.42 Å². The number of rotatable bonds is 6. The molecule has 2 aromatic rings. The third-order valence-electron chi connectivity index (χ3n) is 2.71. The molecule has 0 saturated carbocycles. The maximum atomic E-state index is 12.4. The van der Waals surface area contributed by atoms with E-state index >= 15 is 0 Å². The molecule has 0 amide bonds. The third kappa shape index (κ3) is 3.97. The molecule has 0 aliphatic heterocycles. The van der Waals surface area contributed by atoms with Gasteiger partial charge in [0, 0.05) is 15.4 Å². The molecule has 5 nitrogen and oxygen atoms in total. The van der Waals surface area contributed by atoms with Crippen LogP contribution in [0.3, 0.4) is 0 Å². The van der Waals surface area contributed by atoms with Crippen LogP contribution in [0.1, 0.15) is 4.88 Å². The van der Waals surface area contributed by atoms with Gasteiger partial charge < -0.3 is 10.5 Å². The molecule has 8 heteroatoms. The van der Waals surface area contributed by atoms with E-state index in [1.54, 1.807) is 30.3 Å². The monoisotopic (exact) mass is 390 g/mol. The Hall–Kier alpha value is -1.09. The summed E-state index contributed by atoms with van der Waals surface area (Å²) in [7, 11) is -2.09. The highest BCUT2D eigenvalue weighted by Gasteiger charge is 2.18. The molecule has 0 atom stereocenters. The lowest BCUT2D eigenvalue weighted by Crippen LogP contribution is -2.12. The Kier molecular flexibility index (Phi) is 5.26. The van der Waals surface area contributed by atoms with E-state index < -0.39 is 10.0 Å². The van der Waals surface area contributed by atoms with Crippen molar-refractivity contribution in [3.05, 3.63) is 39.7 Å². The topological polar surface area (TPSA) is 81.4 Å². The first-order valence-electron chi connectivity index (χ1n) is 6.11. The maximum Gasteiger partial charge on any atom is 0.271 e. The van der Waals surface area contributed by atoms with Gasteiger partial charge in [0.15, 0.2) is 0 Å². The largest absolute Gasteiger partial charge is 0.497 e. The molecule has 114 valence electrons. The summed E-state index contributed by atoms with van der Waals surface area (Å²) in [6.07, 6.45) is 0.670. The molecule has 0 unspecified atom stereocenters. The minimum Gasteiger partial charge on any atom is -0.497 e. The number of thiophene rings is 1. The first kappa shape index (κ1) is 16.3. The Morgan fingerprint density at radius 3 is 2.76 bits per heavy atom. The summed E-state index contributed by atoms with van der Waals surface area (Å²) < 4.78 is 33.3. The fourth-order valence-electron chi connectivity index (χ4n) is 1.68. The minimum absolute atomic E-state index is 0.265. The van der Waals surface area contributed by atoms with Crippen molar-refractivity contribution >= 4 is 43.0 Å². The first-order valence-corrected chi connectivity index (χ1v) is 9.20. The zero-order valence-corrected chi connectivity index (χ0v) is 14.5. The van der Waals surface area contributed by atoms with E-state index in [1.165, 1.54) is 18.4 Å². The van der Waals surface area contributed by atoms with Crippen LogP contribution in [-0.4, -0.2) is 22.1 Å². The second-order valence-electron chi connectivity index (χ2n) is 4.21. The van der Waals surface area contributed by atoms with Crippen molar-refractivity contribution in [2.45, 2.75) is 10.6 Å². The molecule has 0 aliphatic rings. The Morgan fingerprint density at radius 1 is 1.33 bits per heavy atom. The zero-order valence-electron chi connectivity index (χ0n) is 11.3. The molecule has 2 rings (SSSR count). The van der Waals surface area contributed by atoms with Crippen LogP contribution < -0.4 is 15.2 Å². The van der Waals surface area contributed by atoms with E-state index in [4.69, 9.17) is 10.5 Å². The average molecular weight is 391 g/mol. The van der Waals surface area contributed by atoms with Crippen LogP contribution in [0.5, 0.6) is 5.75 Å². The second-order valence-corrected chi connectivity index (χ2v) is 8.14. The van der Waals surface area contributed by atoms with Crippen LogP contribution >= 0.6 is 27.3 Å². The fraction of sp³-hybridized carbons (Fsp3) is 0.231. The van der Waals surface area contributed by atoms with Crippen molar-refractivity contribution in [3.63, 3.8) is 0 Å². The van der Waals surface area contributed by atoms with Crippen molar-refractivity contribution in [2.24, 2.45) is 5.73 Å². The highest BCUT2D eigenvalue weighted by Crippen LogP contribution is 2.30. The standard InChI is InChI=1S/C13H15BrN2O3S2/c1-19-9-2-4-11(14)12(8-9)16-21(17,18)13-5-3-10(20-13)6-7-15/h2-5,8,16H,6-7,15H2,1H3. The molecule has 0 saturated heterocycles. The van der Waals surface area contributed by atoms with E-state index in [0.717, 1.165) is 4.88 Å². The lowest BCUT2D eigenvalue weighted by molar-refractivity contribution is 0.415. The number of nitrogens with one attached hydrogen (secondary N) is 1. The number of benzene rings is 1. The fourth-order valence-corrected chi connectivity index (χ4v) is 4.60. The molecule has 21 heavy (non-hydrogen) atoms. The number of hydrogen-bond donors (Lipinski definition) is 2. The number of hydrogen-bond acceptors (Lipinski definition) is 5. The van der Waals surface area contributed by atoms with Crippen molar-refractivity contribution in [3.8, 4) is 5.75 Å². The normalized spacial score (nSPS) is 11.4. The summed E-state index contributed by atoms with van der Waals surface area (Å²) in [6.45, 7) is 0.495. The van der Waals surface area contributed by atoms with Crippen molar-refractivity contribution < 1.29 is 13.2 Å². The van der Waals surface area contributed by atoms with E-state index in [0.29, 0.717) is 28.9 Å². The van der Waals surface area contributed by atoms with Crippen molar-refractivity contribution in [1.82, 2.24) is 0 Å². The predicted molar refractivity (Wildman–Crippen MR) is 88.6 cm³/mol. The molecule has 1 aromatic heterocycles. The zero-order chi connectivity index (χ0) is 15.5. The van der Waals surface area contributed by atoms with Gasteiger partial charge in [-0.2, -0.15) is 0 Å². The molecular weight excluding hydrogens is 376 g/mol. The van der Waals surface area contributed by atoms with Crippen molar-refractivity contribution in [2.75, 3.05) is 18.4 Å². The SMILES string of the molecule is COc1ccc(Br)c(NS(=O)(=O)c2ccc(CCN)s2)c1. The molecule has 3 N–H and O–H groups in total. The lowest BCUT2D eigenvalue weighted by Gasteiger charge is -2.10. The summed E-state index contributed by atoms with van der Waals surface area (Å²) in [4.78, 5) is 0.947. The maximum absolute atomic E-state index is 12.4. The number of ether oxygens (including phenoxy) is 1. The van der Waals surface area contributed by atoms with Gasteiger partial charge in [0.05, 0.1) is 12.8 Å². The van der Waals surface area contributed by atoms with Gasteiger partial charge >= 0.3 is 0 Å². The molecule has 0 fully saturated rings. The van der Waals surface area contributed by atoms with Gasteiger partial charge in [-0.3, -0.25) is 4.72 Å². The van der Waals surface area contributed by atoms with Crippen LogP contribution in [0.15, 0.2) is 39.0 Å². The number of methoxy groups -OCH3 is 1. The highest BCUT2D eigenvalue weighted by molar-refractivity contribution is 9.10. The van der Waals surface area contributed by atoms with Gasteiger partial charge in [-0.05, 0) is 53.2 Å². The predicted octanol–water partition coefficient (Wildman–Crippen LogP) is 2.82. The van der Waals surface area contributed by atoms with Gasteiger partial charge in [0.1, 0.15) is 9.96 Å². The number of halogens is 1. The summed E-state index contributed by atoms with van der Waals surface area (Å²) in [6, 6.07) is 8.46. The molecular formula is C13H15BrN2O3S2. The van der Waals surface area contributed by atoms with Gasteiger partial charge in [0.25, 0.3) is 10.0 Å². The first-order chi connectivity index (χ1) is 9.96. The lowest BCUT2D eigenvalue weighted by atomic mass is 10.3. The Labute approximate surface area is 136 Å². The molecule has 1 aromatic carbocycles. The third-order valence-corrected chi connectivity index (χ3v) is 6.40. The van der Waals surface area contributed by atoms with E-state index in [2.05, 4.69) is 20.7 Å². The molecule has 0 aliphatic carbocycles. The number of anilines is 1. The van der Waals surface area contributed by atoms with Gasteiger partial charge in [0.2, 0.25) is 0 Å². The van der Waals surface area contributed by atoms with Gasteiger partial charge in [-0.25, -0.2) is 8.42 Å². The van der Waals surface area contributed by atoms with Crippen molar-refractivity contribution in [1.29, 1.82) is 0 Å². The summed E-state index contributed by atoms with van der Waals surface area (Å²) in [5, 5.41) is 0. The summed E-state index contributed by atoms with van der Waals surface area (Å²) in [5.41, 5.74) is 5.91. The van der Waals surface area contributed by atoms with E-state index in [1.807, 2.05) is 0 Å². The second kappa shape index (κ2) is 6.78. The minimum atomic E-state index is -3.62. The summed E-state index contributed by atoms with van der Waals surface area (Å²) >= 11 is 4.54. The molecule has 1 heterocycles. The average Bonchev–Trinajstić information content (AvgIpc) is 2.91. The van der Waals surface area contributed by atoms with Crippen LogP contribution in [0.2, 0.25) is 0 Å². The highest BCUT2D eigenvalue weighted by atomic mass is 79.9. The smallest absolute Gasteiger partial charge is 0.271 e. The van der Waals surface area contributed by atoms with E-state index in [-0.39, 0.29) is 4.21 Å². The molecule has 0 spiro atoms. The van der Waals surface area contributed by atoms with Crippen LogP contribution in [0, 0.1) is 0 Å². The Morgan fingerprint density at radius 2 is 2.10 bits per heavy atom. The van der Waals surface area contributed by atoms with Gasteiger partial charge in [-0.15, -0.1) is 11.3 Å². The van der Waals surface area contributed by atoms with Crippen LogP contribution in [-0.2, 0) is 16.4 Å². The summed E-state index contributed by atoms with van der Waals surface area (Å²) in [5.74, 6) is 0.575. The molecule has 0 radical (unpaired) electrons. The Bertz CT molecular complexity index is 729. The number of nitrogens with two attached hydrogens (primary N) is 1.